The Hall–Kier alpha value is -0.650. The van der Waals surface area contributed by atoms with E-state index >= 15 is 0 Å². The number of nitrogens with one attached hydrogen (secondary N) is 1. The second-order valence-corrected chi connectivity index (χ2v) is 8.03. The topological polar surface area (TPSA) is 45.2 Å². The summed E-state index contributed by atoms with van der Waals surface area (Å²) < 4.78 is 0.748. The van der Waals surface area contributed by atoms with Crippen molar-refractivity contribution < 1.29 is 4.79 Å². The molecular formula is C16H26ClN3OS. The average molecular weight is 344 g/mol. The van der Waals surface area contributed by atoms with Gasteiger partial charge >= 0.3 is 0 Å². The second-order valence-electron chi connectivity index (χ2n) is 6.34. The van der Waals surface area contributed by atoms with Crippen LogP contribution in [0.2, 0.25) is 4.34 Å². The molecule has 0 aromatic carbocycles. The van der Waals surface area contributed by atoms with E-state index in [1.54, 1.807) is 0 Å². The molecule has 1 N–H and O–H groups in total. The van der Waals surface area contributed by atoms with Gasteiger partial charge in [-0.15, -0.1) is 11.3 Å². The van der Waals surface area contributed by atoms with Crippen LogP contribution in [0.3, 0.4) is 0 Å². The van der Waals surface area contributed by atoms with Crippen molar-refractivity contribution in [1.82, 2.24) is 15.2 Å². The van der Waals surface area contributed by atoms with Crippen molar-refractivity contribution in [2.75, 3.05) is 19.6 Å². The Morgan fingerprint density at radius 2 is 2.14 bits per heavy atom. The van der Waals surface area contributed by atoms with E-state index in [0.717, 1.165) is 47.4 Å². The number of amides is 1. The monoisotopic (exact) mass is 343 g/mol. The van der Waals surface area contributed by atoms with E-state index in [-0.39, 0.29) is 5.91 Å². The van der Waals surface area contributed by atoms with Gasteiger partial charge in [-0.05, 0) is 52.6 Å². The maximum Gasteiger partial charge on any atom is 0.220 e. The summed E-state index contributed by atoms with van der Waals surface area (Å²) in [4.78, 5) is 18.9. The van der Waals surface area contributed by atoms with Gasteiger partial charge in [-0.1, -0.05) is 11.6 Å². The third kappa shape index (κ3) is 5.21. The molecule has 0 spiro atoms. The molecule has 1 saturated heterocycles. The van der Waals surface area contributed by atoms with Gasteiger partial charge in [0.05, 0.1) is 10.7 Å². The number of halogens is 1. The number of hydrogen-bond donors (Lipinski definition) is 1. The van der Waals surface area contributed by atoms with Crippen molar-refractivity contribution in [3.63, 3.8) is 0 Å². The van der Waals surface area contributed by atoms with Crippen molar-refractivity contribution in [2.24, 2.45) is 5.92 Å². The number of thiazole rings is 1. The largest absolute Gasteiger partial charge is 0.356 e. The smallest absolute Gasteiger partial charge is 0.220 e. The minimum Gasteiger partial charge on any atom is -0.356 e. The van der Waals surface area contributed by atoms with E-state index in [1.807, 2.05) is 6.92 Å². The second kappa shape index (κ2) is 8.27. The van der Waals surface area contributed by atoms with Crippen molar-refractivity contribution in [1.29, 1.82) is 0 Å². The molecule has 6 heteroatoms. The number of carbonyl (C=O) groups is 1. The molecule has 0 unspecified atom stereocenters. The maximum absolute atomic E-state index is 12.0. The van der Waals surface area contributed by atoms with Gasteiger partial charge in [-0.25, -0.2) is 4.98 Å². The number of carbonyl (C=O) groups excluding carboxylic acids is 1. The Labute approximate surface area is 142 Å². The summed E-state index contributed by atoms with van der Waals surface area (Å²) in [7, 11) is 0. The molecule has 22 heavy (non-hydrogen) atoms. The van der Waals surface area contributed by atoms with Gasteiger partial charge in [0.25, 0.3) is 0 Å². The Kier molecular flexibility index (Phi) is 6.66. The van der Waals surface area contributed by atoms with Crippen molar-refractivity contribution >= 4 is 28.8 Å². The maximum atomic E-state index is 12.0. The fourth-order valence-electron chi connectivity index (χ4n) is 2.85. The summed E-state index contributed by atoms with van der Waals surface area (Å²) >= 11 is 7.50. The number of aromatic nitrogens is 1. The summed E-state index contributed by atoms with van der Waals surface area (Å²) in [6.45, 7) is 9.26. The normalized spacial score (nSPS) is 17.1. The lowest BCUT2D eigenvalue weighted by molar-refractivity contribution is -0.122. The van der Waals surface area contributed by atoms with Gasteiger partial charge in [0.1, 0.15) is 4.34 Å². The van der Waals surface area contributed by atoms with E-state index in [9.17, 15) is 4.79 Å². The zero-order valence-electron chi connectivity index (χ0n) is 13.7. The minimum absolute atomic E-state index is 0.169. The van der Waals surface area contributed by atoms with Gasteiger partial charge < -0.3 is 10.2 Å². The van der Waals surface area contributed by atoms with Crippen molar-refractivity contribution in [3.05, 3.63) is 15.0 Å². The summed E-state index contributed by atoms with van der Waals surface area (Å²) in [5, 5.41) is 4.01. The van der Waals surface area contributed by atoms with Gasteiger partial charge in [0.15, 0.2) is 0 Å². The molecule has 1 aliphatic heterocycles. The van der Waals surface area contributed by atoms with Crippen LogP contribution in [0.1, 0.15) is 43.8 Å². The number of rotatable bonds is 6. The highest BCUT2D eigenvalue weighted by atomic mass is 35.5. The average Bonchev–Trinajstić information content (AvgIpc) is 2.78. The quantitative estimate of drug-likeness (QED) is 0.862. The summed E-state index contributed by atoms with van der Waals surface area (Å²) in [6.07, 6.45) is 3.68. The summed E-state index contributed by atoms with van der Waals surface area (Å²) in [5.74, 6) is 0.703. The molecule has 1 aliphatic rings. The highest BCUT2D eigenvalue weighted by Crippen LogP contribution is 2.24. The first-order valence-corrected chi connectivity index (χ1v) is 9.27. The number of aryl methyl sites for hydroxylation is 1. The molecule has 1 aromatic heterocycles. The first-order valence-electron chi connectivity index (χ1n) is 8.08. The Balaban J connectivity index is 1.64. The molecule has 2 rings (SSSR count). The molecular weight excluding hydrogens is 318 g/mol. The van der Waals surface area contributed by atoms with Crippen LogP contribution in [0.5, 0.6) is 0 Å². The molecule has 0 saturated carbocycles. The summed E-state index contributed by atoms with van der Waals surface area (Å²) in [5.41, 5.74) is 0.880. The van der Waals surface area contributed by atoms with E-state index < -0.39 is 0 Å². The Morgan fingerprint density at radius 3 is 2.68 bits per heavy atom. The lowest BCUT2D eigenvalue weighted by Crippen LogP contribution is -2.39. The van der Waals surface area contributed by atoms with E-state index in [0.29, 0.717) is 24.9 Å². The number of nitrogens with zero attached hydrogens (tertiary/aromatic N) is 2. The summed E-state index contributed by atoms with van der Waals surface area (Å²) in [6, 6.07) is 0.614. The van der Waals surface area contributed by atoms with Crippen LogP contribution in [0.25, 0.3) is 0 Å². The molecule has 0 radical (unpaired) electrons. The SMILES string of the molecule is Cc1nc(CCNC(=O)CC2CCN(C(C)C)CC2)sc1Cl. The van der Waals surface area contributed by atoms with Gasteiger partial charge in [-0.3, -0.25) is 4.79 Å². The van der Waals surface area contributed by atoms with Crippen LogP contribution in [0, 0.1) is 12.8 Å². The predicted molar refractivity (Wildman–Crippen MR) is 92.6 cm³/mol. The van der Waals surface area contributed by atoms with Gasteiger partial charge in [-0.2, -0.15) is 0 Å². The number of likely N-dealkylation sites (tertiary alicyclic amines) is 1. The zero-order valence-corrected chi connectivity index (χ0v) is 15.3. The number of piperidine rings is 1. The van der Waals surface area contributed by atoms with Crippen molar-refractivity contribution in [2.45, 2.75) is 52.5 Å². The third-order valence-corrected chi connectivity index (χ3v) is 5.81. The predicted octanol–water partition coefficient (Wildman–Crippen LogP) is 3.27. The first kappa shape index (κ1) is 17.7. The van der Waals surface area contributed by atoms with Crippen LogP contribution in [0.4, 0.5) is 0 Å². The van der Waals surface area contributed by atoms with Gasteiger partial charge in [0, 0.05) is 25.4 Å². The highest BCUT2D eigenvalue weighted by molar-refractivity contribution is 7.16. The fraction of sp³-hybridized carbons (Fsp3) is 0.750. The Morgan fingerprint density at radius 1 is 1.45 bits per heavy atom. The van der Waals surface area contributed by atoms with Crippen LogP contribution in [-0.2, 0) is 11.2 Å². The molecule has 2 heterocycles. The van der Waals surface area contributed by atoms with Crippen LogP contribution >= 0.6 is 22.9 Å². The number of hydrogen-bond acceptors (Lipinski definition) is 4. The van der Waals surface area contributed by atoms with Gasteiger partial charge in [0.2, 0.25) is 5.91 Å². The first-order chi connectivity index (χ1) is 10.5. The zero-order chi connectivity index (χ0) is 16.1. The van der Waals surface area contributed by atoms with Crippen LogP contribution in [-0.4, -0.2) is 41.5 Å². The lowest BCUT2D eigenvalue weighted by Gasteiger charge is -2.34. The molecule has 0 aliphatic carbocycles. The van der Waals surface area contributed by atoms with Crippen molar-refractivity contribution in [3.8, 4) is 0 Å². The Bertz CT molecular complexity index is 476. The minimum atomic E-state index is 0.169. The molecule has 1 aromatic rings. The molecule has 0 bridgehead atoms. The highest BCUT2D eigenvalue weighted by Gasteiger charge is 2.22. The molecule has 0 atom stereocenters. The molecule has 1 amide bonds. The standard InChI is InChI=1S/C16H26ClN3OS/c1-11(2)20-8-5-13(6-9-20)10-14(21)18-7-4-15-19-12(3)16(17)22-15/h11,13H,4-10H2,1-3H3,(H,18,21). The fourth-order valence-corrected chi connectivity index (χ4v) is 3.95. The molecule has 124 valence electrons. The molecule has 1 fully saturated rings. The third-order valence-electron chi connectivity index (χ3n) is 4.30. The lowest BCUT2D eigenvalue weighted by atomic mass is 9.92. The van der Waals surface area contributed by atoms with E-state index in [2.05, 4.69) is 29.0 Å². The molecule has 4 nitrogen and oxygen atoms in total. The van der Waals surface area contributed by atoms with Crippen LogP contribution < -0.4 is 5.32 Å². The van der Waals surface area contributed by atoms with E-state index in [1.165, 1.54) is 11.3 Å². The van der Waals surface area contributed by atoms with E-state index in [4.69, 9.17) is 11.6 Å². The van der Waals surface area contributed by atoms with Crippen LogP contribution in [0.15, 0.2) is 0 Å².